The molecule has 16 heavy (non-hydrogen) atoms. The van der Waals surface area contributed by atoms with Crippen molar-refractivity contribution in [3.63, 3.8) is 0 Å². The smallest absolute Gasteiger partial charge is 0.339 e. The Morgan fingerprint density at radius 3 is 2.81 bits per heavy atom. The van der Waals surface area contributed by atoms with Crippen LogP contribution in [-0.4, -0.2) is 24.8 Å². The van der Waals surface area contributed by atoms with E-state index in [2.05, 4.69) is 15.9 Å². The van der Waals surface area contributed by atoms with Crippen LogP contribution in [0.2, 0.25) is 0 Å². The number of halogens is 1. The van der Waals surface area contributed by atoms with Gasteiger partial charge in [-0.15, -0.1) is 0 Å². The van der Waals surface area contributed by atoms with Crippen LogP contribution in [0.25, 0.3) is 0 Å². The number of benzene rings is 1. The average Bonchev–Trinajstić information content (AvgIpc) is 2.28. The molecule has 1 unspecified atom stereocenters. The molecule has 1 aromatic rings. The molecule has 0 radical (unpaired) electrons. The molecule has 0 saturated carbocycles. The molecule has 1 N–H and O–H groups in total. The topological polar surface area (TPSA) is 55.8 Å². The number of carbonyl (C=O) groups excluding carboxylic acids is 1. The van der Waals surface area contributed by atoms with Crippen molar-refractivity contribution in [3.05, 3.63) is 28.2 Å². The Hall–Kier alpha value is -1.07. The molecular formula is C11H13BrO4. The molecule has 0 aliphatic heterocycles. The Labute approximate surface area is 102 Å². The summed E-state index contributed by atoms with van der Waals surface area (Å²) < 4.78 is 10.6. The lowest BCUT2D eigenvalue weighted by Gasteiger charge is -2.13. The zero-order valence-electron chi connectivity index (χ0n) is 9.07. The van der Waals surface area contributed by atoms with Crippen molar-refractivity contribution < 1.29 is 19.4 Å². The second-order valence-corrected chi connectivity index (χ2v) is 3.96. The lowest BCUT2D eigenvalue weighted by Crippen LogP contribution is -2.16. The lowest BCUT2D eigenvalue weighted by molar-refractivity contribution is -0.153. The maximum absolute atomic E-state index is 11.4. The number of esters is 1. The quantitative estimate of drug-likeness (QED) is 0.862. The summed E-state index contributed by atoms with van der Waals surface area (Å²) in [5, 5.41) is 9.78. The molecule has 88 valence electrons. The van der Waals surface area contributed by atoms with Gasteiger partial charge in [0.05, 0.1) is 13.7 Å². The number of rotatable bonds is 4. The van der Waals surface area contributed by atoms with E-state index in [0.29, 0.717) is 11.3 Å². The van der Waals surface area contributed by atoms with Crippen molar-refractivity contribution in [1.82, 2.24) is 0 Å². The highest BCUT2D eigenvalue weighted by molar-refractivity contribution is 9.10. The first-order chi connectivity index (χ1) is 7.60. The van der Waals surface area contributed by atoms with Gasteiger partial charge in [-0.3, -0.25) is 0 Å². The van der Waals surface area contributed by atoms with Crippen LogP contribution in [0.4, 0.5) is 0 Å². The molecule has 0 fully saturated rings. The van der Waals surface area contributed by atoms with Gasteiger partial charge in [-0.25, -0.2) is 4.79 Å². The van der Waals surface area contributed by atoms with Gasteiger partial charge in [0, 0.05) is 10.0 Å². The monoisotopic (exact) mass is 288 g/mol. The number of carbonyl (C=O) groups is 1. The highest BCUT2D eigenvalue weighted by Gasteiger charge is 2.22. The molecule has 0 aliphatic rings. The van der Waals surface area contributed by atoms with Gasteiger partial charge in [0.1, 0.15) is 5.75 Å². The first-order valence-corrected chi connectivity index (χ1v) is 5.57. The molecule has 4 nitrogen and oxygen atoms in total. The second kappa shape index (κ2) is 5.86. The number of hydrogen-bond donors (Lipinski definition) is 1. The van der Waals surface area contributed by atoms with Gasteiger partial charge in [-0.05, 0) is 25.1 Å². The van der Waals surface area contributed by atoms with E-state index in [1.54, 1.807) is 25.1 Å². The summed E-state index contributed by atoms with van der Waals surface area (Å²) in [6, 6.07) is 5.06. The van der Waals surface area contributed by atoms with E-state index in [-0.39, 0.29) is 6.61 Å². The van der Waals surface area contributed by atoms with Crippen LogP contribution in [0.5, 0.6) is 5.75 Å². The van der Waals surface area contributed by atoms with E-state index < -0.39 is 12.1 Å². The Morgan fingerprint density at radius 1 is 1.56 bits per heavy atom. The van der Waals surface area contributed by atoms with Gasteiger partial charge in [0.15, 0.2) is 6.10 Å². The van der Waals surface area contributed by atoms with E-state index in [9.17, 15) is 9.90 Å². The standard InChI is InChI=1S/C11H13BrO4/c1-3-16-11(14)10(13)8-6-7(12)4-5-9(8)15-2/h4-6,10,13H,3H2,1-2H3. The third-order valence-corrected chi connectivity index (χ3v) is 2.49. The summed E-state index contributed by atoms with van der Waals surface area (Å²) in [5.41, 5.74) is 0.385. The molecule has 0 saturated heterocycles. The molecule has 0 heterocycles. The zero-order chi connectivity index (χ0) is 12.1. The molecular weight excluding hydrogens is 276 g/mol. The molecule has 0 amide bonds. The number of aliphatic hydroxyl groups is 1. The van der Waals surface area contributed by atoms with Crippen LogP contribution < -0.4 is 4.74 Å². The van der Waals surface area contributed by atoms with Gasteiger partial charge >= 0.3 is 5.97 Å². The van der Waals surface area contributed by atoms with Crippen LogP contribution in [0.3, 0.4) is 0 Å². The first-order valence-electron chi connectivity index (χ1n) is 4.78. The number of ether oxygens (including phenoxy) is 2. The minimum atomic E-state index is -1.33. The normalized spacial score (nSPS) is 12.0. The Morgan fingerprint density at radius 2 is 2.25 bits per heavy atom. The summed E-state index contributed by atoms with van der Waals surface area (Å²) in [6.45, 7) is 1.91. The fourth-order valence-electron chi connectivity index (χ4n) is 1.27. The zero-order valence-corrected chi connectivity index (χ0v) is 10.7. The number of hydrogen-bond acceptors (Lipinski definition) is 4. The maximum Gasteiger partial charge on any atom is 0.339 e. The fraction of sp³-hybridized carbons (Fsp3) is 0.364. The first kappa shape index (κ1) is 13.0. The van der Waals surface area contributed by atoms with Gasteiger partial charge in [-0.2, -0.15) is 0 Å². The Balaban J connectivity index is 3.01. The molecule has 0 aromatic heterocycles. The maximum atomic E-state index is 11.4. The molecule has 1 aromatic carbocycles. The van der Waals surface area contributed by atoms with Crippen molar-refractivity contribution in [2.75, 3.05) is 13.7 Å². The summed E-state index contributed by atoms with van der Waals surface area (Å²) in [4.78, 5) is 11.4. The minimum absolute atomic E-state index is 0.228. The van der Waals surface area contributed by atoms with Gasteiger partial charge in [-0.1, -0.05) is 15.9 Å². The molecule has 0 spiro atoms. The second-order valence-electron chi connectivity index (χ2n) is 3.04. The van der Waals surface area contributed by atoms with Crippen molar-refractivity contribution >= 4 is 21.9 Å². The molecule has 1 atom stereocenters. The predicted molar refractivity (Wildman–Crippen MR) is 62.3 cm³/mol. The molecule has 1 rings (SSSR count). The van der Waals surface area contributed by atoms with E-state index in [1.807, 2.05) is 0 Å². The number of methoxy groups -OCH3 is 1. The molecule has 0 bridgehead atoms. The largest absolute Gasteiger partial charge is 0.496 e. The third-order valence-electron chi connectivity index (χ3n) is 2.00. The SMILES string of the molecule is CCOC(=O)C(O)c1cc(Br)ccc1OC. The van der Waals surface area contributed by atoms with Crippen LogP contribution in [0.1, 0.15) is 18.6 Å². The highest BCUT2D eigenvalue weighted by atomic mass is 79.9. The van der Waals surface area contributed by atoms with Gasteiger partial charge in [0.25, 0.3) is 0 Å². The van der Waals surface area contributed by atoms with Crippen molar-refractivity contribution in [3.8, 4) is 5.75 Å². The van der Waals surface area contributed by atoms with Crippen LogP contribution in [0, 0.1) is 0 Å². The lowest BCUT2D eigenvalue weighted by atomic mass is 10.1. The predicted octanol–water partition coefficient (Wildman–Crippen LogP) is 2.05. The van der Waals surface area contributed by atoms with Crippen molar-refractivity contribution in [2.24, 2.45) is 0 Å². The van der Waals surface area contributed by atoms with Crippen molar-refractivity contribution in [1.29, 1.82) is 0 Å². The third kappa shape index (κ3) is 2.96. The average molecular weight is 289 g/mol. The van der Waals surface area contributed by atoms with Gasteiger partial charge < -0.3 is 14.6 Å². The van der Waals surface area contributed by atoms with E-state index in [4.69, 9.17) is 9.47 Å². The van der Waals surface area contributed by atoms with Crippen molar-refractivity contribution in [2.45, 2.75) is 13.0 Å². The van der Waals surface area contributed by atoms with Crippen LogP contribution >= 0.6 is 15.9 Å². The molecule has 5 heteroatoms. The van der Waals surface area contributed by atoms with Crippen LogP contribution in [0.15, 0.2) is 22.7 Å². The summed E-state index contributed by atoms with van der Waals surface area (Å²) in [5.74, 6) is -0.234. The van der Waals surface area contributed by atoms with E-state index >= 15 is 0 Å². The number of aliphatic hydroxyl groups excluding tert-OH is 1. The summed E-state index contributed by atoms with van der Waals surface area (Å²) in [7, 11) is 1.48. The minimum Gasteiger partial charge on any atom is -0.496 e. The van der Waals surface area contributed by atoms with Crippen LogP contribution in [-0.2, 0) is 9.53 Å². The summed E-state index contributed by atoms with van der Waals surface area (Å²) in [6.07, 6.45) is -1.33. The molecule has 0 aliphatic carbocycles. The Kier molecular flexibility index (Phi) is 4.76. The van der Waals surface area contributed by atoms with E-state index in [0.717, 1.165) is 4.47 Å². The Bertz CT molecular complexity index is 378. The van der Waals surface area contributed by atoms with E-state index in [1.165, 1.54) is 7.11 Å². The van der Waals surface area contributed by atoms with Gasteiger partial charge in [0.2, 0.25) is 0 Å². The summed E-state index contributed by atoms with van der Waals surface area (Å²) >= 11 is 3.26. The fourth-order valence-corrected chi connectivity index (χ4v) is 1.65. The highest BCUT2D eigenvalue weighted by Crippen LogP contribution is 2.29.